The van der Waals surface area contributed by atoms with E-state index in [0.717, 1.165) is 9.83 Å². The average Bonchev–Trinajstić information content (AvgIpc) is 3.26. The maximum Gasteiger partial charge on any atom is 0.270 e. The van der Waals surface area contributed by atoms with E-state index in [4.69, 9.17) is 4.74 Å². The predicted octanol–water partition coefficient (Wildman–Crippen LogP) is 2.73. The minimum absolute atomic E-state index is 0.0257. The molecule has 1 amide bonds. The average molecular weight is 491 g/mol. The number of ether oxygens (including phenoxy) is 1. The highest BCUT2D eigenvalue weighted by molar-refractivity contribution is 7.91. The summed E-state index contributed by atoms with van der Waals surface area (Å²) in [5.74, 6) is 0.107. The van der Waals surface area contributed by atoms with E-state index in [-0.39, 0.29) is 28.7 Å². The van der Waals surface area contributed by atoms with Crippen molar-refractivity contribution in [1.29, 1.82) is 0 Å². The zero-order chi connectivity index (χ0) is 23.6. The molecule has 1 saturated heterocycles. The zero-order valence-electron chi connectivity index (χ0n) is 17.8. The van der Waals surface area contributed by atoms with Crippen molar-refractivity contribution in [3.63, 3.8) is 0 Å². The van der Waals surface area contributed by atoms with Gasteiger partial charge in [0.05, 0.1) is 32.9 Å². The Morgan fingerprint density at radius 1 is 1.15 bits per heavy atom. The Labute approximate surface area is 194 Å². The molecule has 10 nitrogen and oxygen atoms in total. The number of nitro groups is 1. The summed E-state index contributed by atoms with van der Waals surface area (Å²) in [5.41, 5.74) is 0.723. The predicted molar refractivity (Wildman–Crippen MR) is 125 cm³/mol. The molecule has 0 atom stereocenters. The molecule has 0 bridgehead atoms. The van der Waals surface area contributed by atoms with Crippen LogP contribution in [0.4, 0.5) is 10.8 Å². The van der Waals surface area contributed by atoms with Crippen molar-refractivity contribution in [2.75, 3.05) is 43.9 Å². The number of amides is 1. The number of methoxy groups -OCH3 is 1. The van der Waals surface area contributed by atoms with Crippen LogP contribution in [-0.2, 0) is 14.6 Å². The Balaban J connectivity index is 1.33. The summed E-state index contributed by atoms with van der Waals surface area (Å²) in [5, 5.41) is 11.7. The fourth-order valence-electron chi connectivity index (χ4n) is 3.58. The lowest BCUT2D eigenvalue weighted by molar-refractivity contribution is -0.384. The van der Waals surface area contributed by atoms with Crippen LogP contribution in [0.2, 0.25) is 0 Å². The number of hydrogen-bond donors (Lipinski definition) is 0. The molecular formula is C21H22N4O6S2. The van der Waals surface area contributed by atoms with Gasteiger partial charge in [-0.2, -0.15) is 0 Å². The molecule has 1 aliphatic heterocycles. The van der Waals surface area contributed by atoms with Crippen molar-refractivity contribution in [3.05, 3.63) is 52.6 Å². The fourth-order valence-corrected chi connectivity index (χ4v) is 5.86. The van der Waals surface area contributed by atoms with Crippen LogP contribution in [0.1, 0.15) is 6.42 Å². The topological polar surface area (TPSA) is 123 Å². The van der Waals surface area contributed by atoms with Gasteiger partial charge in [-0.05, 0) is 30.3 Å². The Bertz CT molecular complexity index is 1280. The van der Waals surface area contributed by atoms with Gasteiger partial charge in [0, 0.05) is 44.7 Å². The van der Waals surface area contributed by atoms with Crippen LogP contribution < -0.4 is 9.64 Å². The summed E-state index contributed by atoms with van der Waals surface area (Å²) >= 11 is 1.38. The summed E-state index contributed by atoms with van der Waals surface area (Å²) in [4.78, 5) is 31.6. The number of nitrogens with zero attached hydrogens (tertiary/aromatic N) is 4. The quantitative estimate of drug-likeness (QED) is 0.366. The molecule has 3 aromatic rings. The van der Waals surface area contributed by atoms with Gasteiger partial charge in [-0.1, -0.05) is 11.3 Å². The summed E-state index contributed by atoms with van der Waals surface area (Å²) < 4.78 is 30.9. The highest BCUT2D eigenvalue weighted by atomic mass is 32.2. The lowest BCUT2D eigenvalue weighted by Crippen LogP contribution is -2.49. The summed E-state index contributed by atoms with van der Waals surface area (Å²) in [7, 11) is -2.06. The van der Waals surface area contributed by atoms with Gasteiger partial charge < -0.3 is 14.5 Å². The van der Waals surface area contributed by atoms with Crippen LogP contribution >= 0.6 is 11.3 Å². The van der Waals surface area contributed by atoms with Crippen LogP contribution in [0.25, 0.3) is 10.2 Å². The molecule has 33 heavy (non-hydrogen) atoms. The minimum Gasteiger partial charge on any atom is -0.497 e. The lowest BCUT2D eigenvalue weighted by Gasteiger charge is -2.34. The Morgan fingerprint density at radius 2 is 1.85 bits per heavy atom. The molecule has 0 saturated carbocycles. The highest BCUT2D eigenvalue weighted by Crippen LogP contribution is 2.32. The van der Waals surface area contributed by atoms with Crippen molar-refractivity contribution < 1.29 is 22.9 Å². The van der Waals surface area contributed by atoms with E-state index in [9.17, 15) is 23.3 Å². The number of benzene rings is 2. The molecule has 4 rings (SSSR count). The number of rotatable bonds is 7. The van der Waals surface area contributed by atoms with Gasteiger partial charge in [-0.3, -0.25) is 14.9 Å². The molecule has 0 radical (unpaired) electrons. The number of nitro benzene ring substituents is 1. The number of anilines is 1. The van der Waals surface area contributed by atoms with Gasteiger partial charge >= 0.3 is 0 Å². The Morgan fingerprint density at radius 3 is 2.48 bits per heavy atom. The fraction of sp³-hybridized carbons (Fsp3) is 0.333. The monoisotopic (exact) mass is 490 g/mol. The molecule has 2 heterocycles. The third-order valence-corrected chi connectivity index (χ3v) is 8.29. The Kier molecular flexibility index (Phi) is 6.47. The van der Waals surface area contributed by atoms with Crippen LogP contribution in [0.3, 0.4) is 0 Å². The molecule has 0 unspecified atom stereocenters. The largest absolute Gasteiger partial charge is 0.497 e. The third-order valence-electron chi connectivity index (χ3n) is 5.48. The van der Waals surface area contributed by atoms with Crippen molar-refractivity contribution in [2.24, 2.45) is 0 Å². The first-order chi connectivity index (χ1) is 15.8. The summed E-state index contributed by atoms with van der Waals surface area (Å²) in [6.07, 6.45) is -0.0842. The number of thiazole rings is 1. The number of carbonyl (C=O) groups is 1. The molecule has 0 aliphatic carbocycles. The maximum atomic E-state index is 12.6. The van der Waals surface area contributed by atoms with E-state index < -0.39 is 14.8 Å². The number of aromatic nitrogens is 1. The lowest BCUT2D eigenvalue weighted by atomic mass is 10.3. The van der Waals surface area contributed by atoms with Gasteiger partial charge in [-0.15, -0.1) is 0 Å². The molecule has 1 aromatic heterocycles. The van der Waals surface area contributed by atoms with Crippen molar-refractivity contribution in [3.8, 4) is 5.75 Å². The van der Waals surface area contributed by atoms with E-state index in [0.29, 0.717) is 37.4 Å². The third kappa shape index (κ3) is 5.06. The molecule has 0 N–H and O–H groups in total. The summed E-state index contributed by atoms with van der Waals surface area (Å²) in [6.45, 7) is 2.02. The number of non-ortho nitro benzene ring substituents is 1. The molecule has 0 spiro atoms. The normalized spacial score (nSPS) is 14.5. The molecule has 174 valence electrons. The van der Waals surface area contributed by atoms with Crippen LogP contribution in [0.5, 0.6) is 5.75 Å². The molecule has 1 fully saturated rings. The highest BCUT2D eigenvalue weighted by Gasteiger charge is 2.25. The van der Waals surface area contributed by atoms with Gasteiger partial charge in [-0.25, -0.2) is 13.4 Å². The molecule has 12 heteroatoms. The number of hydrogen-bond acceptors (Lipinski definition) is 9. The van der Waals surface area contributed by atoms with Gasteiger partial charge in [0.25, 0.3) is 5.69 Å². The van der Waals surface area contributed by atoms with Crippen LogP contribution in [0.15, 0.2) is 47.4 Å². The first kappa shape index (κ1) is 22.9. The molecule has 1 aliphatic rings. The van der Waals surface area contributed by atoms with Gasteiger partial charge in [0.2, 0.25) is 5.91 Å². The van der Waals surface area contributed by atoms with Crippen molar-refractivity contribution in [1.82, 2.24) is 9.88 Å². The standard InChI is InChI=1S/C21H22N4O6S2/c1-31-16-3-5-17(6-4-16)33(29,30)13-8-20(26)23-9-11-24(12-10-23)21-22-18-7-2-15(25(27)28)14-19(18)32-21/h2-7,14H,8-13H2,1H3. The van der Waals surface area contributed by atoms with Crippen molar-refractivity contribution in [2.45, 2.75) is 11.3 Å². The van der Waals surface area contributed by atoms with Crippen molar-refractivity contribution >= 4 is 48.1 Å². The smallest absolute Gasteiger partial charge is 0.270 e. The van der Waals surface area contributed by atoms with Crippen LogP contribution in [-0.4, -0.2) is 68.2 Å². The summed E-state index contributed by atoms with van der Waals surface area (Å²) in [6, 6.07) is 10.7. The zero-order valence-corrected chi connectivity index (χ0v) is 19.5. The van der Waals surface area contributed by atoms with Crippen LogP contribution in [0, 0.1) is 10.1 Å². The minimum atomic E-state index is -3.57. The first-order valence-electron chi connectivity index (χ1n) is 10.2. The number of piperazine rings is 1. The number of fused-ring (bicyclic) bond motifs is 1. The molecule has 2 aromatic carbocycles. The van der Waals surface area contributed by atoms with Gasteiger partial charge in [0.1, 0.15) is 5.75 Å². The first-order valence-corrected chi connectivity index (χ1v) is 12.7. The number of carbonyl (C=O) groups excluding carboxylic acids is 1. The van der Waals surface area contributed by atoms with Gasteiger partial charge in [0.15, 0.2) is 15.0 Å². The van der Waals surface area contributed by atoms with E-state index in [2.05, 4.69) is 4.98 Å². The van der Waals surface area contributed by atoms with E-state index >= 15 is 0 Å². The van der Waals surface area contributed by atoms with E-state index in [1.54, 1.807) is 23.1 Å². The molecular weight excluding hydrogens is 468 g/mol. The second kappa shape index (κ2) is 9.32. The maximum absolute atomic E-state index is 12.6. The van der Waals surface area contributed by atoms with E-state index in [1.165, 1.54) is 42.7 Å². The number of sulfone groups is 1. The Hall–Kier alpha value is -3.25. The SMILES string of the molecule is COc1ccc(S(=O)(=O)CCC(=O)N2CCN(c3nc4ccc([N+](=O)[O-])cc4s3)CC2)cc1. The second-order valence-electron chi connectivity index (χ2n) is 7.52. The van der Waals surface area contributed by atoms with E-state index in [1.807, 2.05) is 4.90 Å². The second-order valence-corrected chi connectivity index (χ2v) is 10.6.